The minimum atomic E-state index is -0.931. The molecule has 3 rings (SSSR count). The molecule has 0 bridgehead atoms. The summed E-state index contributed by atoms with van der Waals surface area (Å²) in [4.78, 5) is 28.2. The van der Waals surface area contributed by atoms with Crippen molar-refractivity contribution in [3.8, 4) is 11.3 Å². The average molecular weight is 342 g/mol. The minimum absolute atomic E-state index is 0.281. The van der Waals surface area contributed by atoms with Crippen molar-refractivity contribution in [2.45, 2.75) is 19.8 Å². The van der Waals surface area contributed by atoms with Gasteiger partial charge in [-0.25, -0.2) is 4.98 Å². The number of carbonyl (C=O) groups excluding carboxylic acids is 1. The van der Waals surface area contributed by atoms with Gasteiger partial charge in [-0.05, 0) is 19.8 Å². The molecule has 1 aromatic heterocycles. The molecule has 6 heteroatoms. The Labute approximate surface area is 144 Å². The summed E-state index contributed by atoms with van der Waals surface area (Å²) in [7, 11) is 0. The van der Waals surface area contributed by atoms with Gasteiger partial charge in [-0.3, -0.25) is 9.59 Å². The summed E-state index contributed by atoms with van der Waals surface area (Å²) in [6.45, 7) is 2.02. The number of hydrogen-bond acceptors (Lipinski definition) is 4. The molecule has 1 aliphatic carbocycles. The van der Waals surface area contributed by atoms with E-state index >= 15 is 0 Å². The fourth-order valence-corrected chi connectivity index (χ4v) is 3.49. The van der Waals surface area contributed by atoms with E-state index in [0.717, 1.165) is 11.3 Å². The number of hydrogen-bond donors (Lipinski definition) is 2. The second kappa shape index (κ2) is 6.97. The zero-order valence-corrected chi connectivity index (χ0v) is 14.0. The molecule has 0 radical (unpaired) electrons. The first kappa shape index (κ1) is 16.4. The molecule has 2 aromatic rings. The Morgan fingerprint density at radius 2 is 1.83 bits per heavy atom. The molecule has 0 fully saturated rings. The van der Waals surface area contributed by atoms with Crippen LogP contribution in [0.3, 0.4) is 0 Å². The third kappa shape index (κ3) is 3.54. The number of thiazole rings is 1. The standard InChI is InChI=1S/C18H18N2O3S/c1-11-6-8-12(9-7-11)15-10-24-18(19-15)20-16(21)13-4-2-3-5-14(13)17(22)23/h2-3,6-10,13-14H,4-5H2,1H3,(H,22,23)(H,19,20,21)/t13-,14+/m1/s1. The van der Waals surface area contributed by atoms with Gasteiger partial charge in [0.2, 0.25) is 5.91 Å². The lowest BCUT2D eigenvalue weighted by molar-refractivity contribution is -0.146. The van der Waals surface area contributed by atoms with Gasteiger partial charge in [-0.2, -0.15) is 0 Å². The Kier molecular flexibility index (Phi) is 4.76. The van der Waals surface area contributed by atoms with Gasteiger partial charge < -0.3 is 10.4 Å². The Morgan fingerprint density at radius 1 is 1.17 bits per heavy atom. The summed E-state index contributed by atoms with van der Waals surface area (Å²) in [5.41, 5.74) is 2.96. The van der Waals surface area contributed by atoms with E-state index in [1.165, 1.54) is 16.9 Å². The van der Waals surface area contributed by atoms with E-state index in [2.05, 4.69) is 10.3 Å². The summed E-state index contributed by atoms with van der Waals surface area (Å²) in [5, 5.41) is 14.4. The molecule has 0 saturated heterocycles. The van der Waals surface area contributed by atoms with E-state index in [0.29, 0.717) is 18.0 Å². The maximum atomic E-state index is 12.4. The van der Waals surface area contributed by atoms with E-state index in [1.807, 2.05) is 48.7 Å². The van der Waals surface area contributed by atoms with Crippen molar-refractivity contribution < 1.29 is 14.7 Å². The van der Waals surface area contributed by atoms with Gasteiger partial charge in [0.15, 0.2) is 5.13 Å². The fraction of sp³-hybridized carbons (Fsp3) is 0.278. The molecule has 0 unspecified atom stereocenters. The second-order valence-electron chi connectivity index (χ2n) is 5.89. The van der Waals surface area contributed by atoms with Crippen LogP contribution in [0.4, 0.5) is 5.13 Å². The Bertz CT molecular complexity index is 780. The SMILES string of the molecule is Cc1ccc(-c2csc(NC(=O)[C@@H]3CC=CC[C@@H]3C(=O)O)n2)cc1. The first-order chi connectivity index (χ1) is 11.5. The highest BCUT2D eigenvalue weighted by Gasteiger charge is 2.34. The summed E-state index contributed by atoms with van der Waals surface area (Å²) in [5.74, 6) is -2.44. The highest BCUT2D eigenvalue weighted by atomic mass is 32.1. The summed E-state index contributed by atoms with van der Waals surface area (Å²) in [6.07, 6.45) is 4.52. The first-order valence-corrected chi connectivity index (χ1v) is 8.64. The lowest BCUT2D eigenvalue weighted by Gasteiger charge is -2.23. The third-order valence-corrected chi connectivity index (χ3v) is 4.93. The van der Waals surface area contributed by atoms with Crippen molar-refractivity contribution in [2.75, 3.05) is 5.32 Å². The molecule has 2 atom stereocenters. The quantitative estimate of drug-likeness (QED) is 0.830. The Balaban J connectivity index is 1.72. The largest absolute Gasteiger partial charge is 0.481 e. The van der Waals surface area contributed by atoms with Gasteiger partial charge >= 0.3 is 5.97 Å². The number of aryl methyl sites for hydroxylation is 1. The van der Waals surface area contributed by atoms with Crippen LogP contribution in [0.25, 0.3) is 11.3 Å². The van der Waals surface area contributed by atoms with Crippen LogP contribution < -0.4 is 5.32 Å². The molecule has 1 aliphatic rings. The number of carbonyl (C=O) groups is 2. The molecule has 1 amide bonds. The number of anilines is 1. The predicted molar refractivity (Wildman–Crippen MR) is 93.9 cm³/mol. The van der Waals surface area contributed by atoms with Crippen molar-refractivity contribution in [1.29, 1.82) is 0 Å². The van der Waals surface area contributed by atoms with Crippen molar-refractivity contribution >= 4 is 28.3 Å². The van der Waals surface area contributed by atoms with Crippen LogP contribution in [0.5, 0.6) is 0 Å². The number of rotatable bonds is 4. The maximum Gasteiger partial charge on any atom is 0.307 e. The zero-order chi connectivity index (χ0) is 17.1. The number of allylic oxidation sites excluding steroid dienone is 2. The summed E-state index contributed by atoms with van der Waals surface area (Å²) < 4.78 is 0. The highest BCUT2D eigenvalue weighted by Crippen LogP contribution is 2.29. The third-order valence-electron chi connectivity index (χ3n) is 4.17. The predicted octanol–water partition coefficient (Wildman–Crippen LogP) is 3.72. The summed E-state index contributed by atoms with van der Waals surface area (Å²) >= 11 is 1.34. The topological polar surface area (TPSA) is 79.3 Å². The lowest BCUT2D eigenvalue weighted by atomic mass is 9.82. The minimum Gasteiger partial charge on any atom is -0.481 e. The van der Waals surface area contributed by atoms with Gasteiger partial charge in [0.1, 0.15) is 0 Å². The first-order valence-electron chi connectivity index (χ1n) is 7.76. The van der Waals surface area contributed by atoms with Crippen LogP contribution in [0.1, 0.15) is 18.4 Å². The summed E-state index contributed by atoms with van der Waals surface area (Å²) in [6, 6.07) is 8.00. The van der Waals surface area contributed by atoms with Crippen LogP contribution >= 0.6 is 11.3 Å². The molecule has 24 heavy (non-hydrogen) atoms. The molecule has 1 heterocycles. The number of benzene rings is 1. The van der Waals surface area contributed by atoms with Gasteiger partial charge in [0, 0.05) is 10.9 Å². The number of amides is 1. The van der Waals surface area contributed by atoms with Crippen molar-refractivity contribution in [1.82, 2.24) is 4.98 Å². The van der Waals surface area contributed by atoms with E-state index in [9.17, 15) is 14.7 Å². The van der Waals surface area contributed by atoms with Crippen LogP contribution in [0.2, 0.25) is 0 Å². The fourth-order valence-electron chi connectivity index (χ4n) is 2.76. The van der Waals surface area contributed by atoms with Gasteiger partial charge in [-0.15, -0.1) is 11.3 Å². The van der Waals surface area contributed by atoms with E-state index in [1.54, 1.807) is 0 Å². The molecule has 5 nitrogen and oxygen atoms in total. The Morgan fingerprint density at radius 3 is 2.50 bits per heavy atom. The van der Waals surface area contributed by atoms with Crippen molar-refractivity contribution in [3.63, 3.8) is 0 Å². The molecular formula is C18H18N2O3S. The lowest BCUT2D eigenvalue weighted by Crippen LogP contribution is -2.34. The van der Waals surface area contributed by atoms with Crippen LogP contribution in [0, 0.1) is 18.8 Å². The number of nitrogens with zero attached hydrogens (tertiary/aromatic N) is 1. The Hall–Kier alpha value is -2.47. The van der Waals surface area contributed by atoms with Crippen LogP contribution in [0.15, 0.2) is 41.8 Å². The molecule has 0 aliphatic heterocycles. The van der Waals surface area contributed by atoms with Crippen LogP contribution in [-0.2, 0) is 9.59 Å². The molecule has 1 aromatic carbocycles. The van der Waals surface area contributed by atoms with E-state index < -0.39 is 17.8 Å². The number of aliphatic carboxylic acids is 1. The van der Waals surface area contributed by atoms with Crippen LogP contribution in [-0.4, -0.2) is 22.0 Å². The average Bonchev–Trinajstić information content (AvgIpc) is 3.04. The molecule has 0 saturated carbocycles. The highest BCUT2D eigenvalue weighted by molar-refractivity contribution is 7.14. The monoisotopic (exact) mass is 342 g/mol. The number of aromatic nitrogens is 1. The molecule has 2 N–H and O–H groups in total. The number of nitrogens with one attached hydrogen (secondary N) is 1. The number of carboxylic acids is 1. The molecule has 0 spiro atoms. The van der Waals surface area contributed by atoms with Gasteiger partial charge in [0.05, 0.1) is 17.5 Å². The van der Waals surface area contributed by atoms with Crippen molar-refractivity contribution in [3.05, 3.63) is 47.4 Å². The normalized spacial score (nSPS) is 19.9. The van der Waals surface area contributed by atoms with Crippen molar-refractivity contribution in [2.24, 2.45) is 11.8 Å². The van der Waals surface area contributed by atoms with Gasteiger partial charge in [-0.1, -0.05) is 42.0 Å². The maximum absolute atomic E-state index is 12.4. The van der Waals surface area contributed by atoms with E-state index in [4.69, 9.17) is 0 Å². The van der Waals surface area contributed by atoms with E-state index in [-0.39, 0.29) is 5.91 Å². The molecular weight excluding hydrogens is 324 g/mol. The zero-order valence-electron chi connectivity index (χ0n) is 13.2. The smallest absolute Gasteiger partial charge is 0.307 e. The molecule has 124 valence electrons. The number of carboxylic acid groups (broad SMARTS) is 1. The second-order valence-corrected chi connectivity index (χ2v) is 6.75. The van der Waals surface area contributed by atoms with Gasteiger partial charge in [0.25, 0.3) is 0 Å².